The largest absolute Gasteiger partial charge is 0.394 e. The van der Waals surface area contributed by atoms with Crippen molar-refractivity contribution in [2.75, 3.05) is 6.61 Å². The molecule has 0 aliphatic carbocycles. The fourth-order valence-electron chi connectivity index (χ4n) is 1.64. The number of aliphatic hydroxyl groups excluding tert-OH is 1. The molecule has 1 atom stereocenters. The lowest BCUT2D eigenvalue weighted by Crippen LogP contribution is -2.41. The summed E-state index contributed by atoms with van der Waals surface area (Å²) in [5.41, 5.74) is 1.94. The average Bonchev–Trinajstić information content (AvgIpc) is 2.35. The number of aromatic nitrogens is 2. The Bertz CT molecular complexity index is 419. The van der Waals surface area contributed by atoms with Gasteiger partial charge >= 0.3 is 0 Å². The molecule has 0 saturated heterocycles. The molecule has 1 aromatic heterocycles. The van der Waals surface area contributed by atoms with Gasteiger partial charge in [-0.2, -0.15) is 10.2 Å². The first-order valence-electron chi connectivity index (χ1n) is 6.24. The highest BCUT2D eigenvalue weighted by Gasteiger charge is 2.19. The molecule has 0 aliphatic rings. The molecule has 1 amide bonds. The van der Waals surface area contributed by atoms with Gasteiger partial charge in [0.25, 0.3) is 5.91 Å². The Labute approximate surface area is 108 Å². The van der Waals surface area contributed by atoms with E-state index in [1.807, 2.05) is 20.8 Å². The van der Waals surface area contributed by atoms with E-state index in [1.165, 1.54) is 0 Å². The maximum absolute atomic E-state index is 12.2. The lowest BCUT2D eigenvalue weighted by Gasteiger charge is -2.20. The summed E-state index contributed by atoms with van der Waals surface area (Å²) in [5, 5.41) is 20.0. The zero-order valence-corrected chi connectivity index (χ0v) is 11.4. The van der Waals surface area contributed by atoms with Crippen molar-refractivity contribution in [3.63, 3.8) is 0 Å². The predicted octanol–water partition coefficient (Wildman–Crippen LogP) is 1.09. The maximum atomic E-state index is 12.2. The van der Waals surface area contributed by atoms with Crippen LogP contribution in [0.1, 0.15) is 42.5 Å². The summed E-state index contributed by atoms with van der Waals surface area (Å²) < 4.78 is 0. The number of hydrogen-bond donors (Lipinski definition) is 2. The third-order valence-corrected chi connectivity index (χ3v) is 2.89. The van der Waals surface area contributed by atoms with Crippen LogP contribution in [0.2, 0.25) is 0 Å². The first-order valence-corrected chi connectivity index (χ1v) is 6.24. The van der Waals surface area contributed by atoms with E-state index in [2.05, 4.69) is 15.5 Å². The maximum Gasteiger partial charge on any atom is 0.253 e. The van der Waals surface area contributed by atoms with Gasteiger partial charge in [-0.25, -0.2) is 0 Å². The third-order valence-electron chi connectivity index (χ3n) is 2.89. The number of carbonyl (C=O) groups excluding carboxylic acids is 1. The van der Waals surface area contributed by atoms with Crippen molar-refractivity contribution in [1.82, 2.24) is 15.5 Å². The Balaban J connectivity index is 2.92. The molecule has 2 N–H and O–H groups in total. The summed E-state index contributed by atoms with van der Waals surface area (Å²) in [4.78, 5) is 12.2. The van der Waals surface area contributed by atoms with Crippen molar-refractivity contribution in [1.29, 1.82) is 0 Å². The molecule has 1 heterocycles. The number of nitrogens with one attached hydrogen (secondary N) is 1. The van der Waals surface area contributed by atoms with Crippen molar-refractivity contribution >= 4 is 5.91 Å². The minimum absolute atomic E-state index is 0.0671. The van der Waals surface area contributed by atoms with Gasteiger partial charge in [0, 0.05) is 0 Å². The van der Waals surface area contributed by atoms with Gasteiger partial charge in [0.1, 0.15) is 0 Å². The van der Waals surface area contributed by atoms with Crippen molar-refractivity contribution in [2.24, 2.45) is 5.92 Å². The molecule has 0 spiro atoms. The van der Waals surface area contributed by atoms with E-state index in [-0.39, 0.29) is 24.5 Å². The van der Waals surface area contributed by atoms with Gasteiger partial charge in [0.05, 0.1) is 29.6 Å². The van der Waals surface area contributed by atoms with Crippen molar-refractivity contribution < 1.29 is 9.90 Å². The van der Waals surface area contributed by atoms with E-state index < -0.39 is 0 Å². The second-order valence-corrected chi connectivity index (χ2v) is 4.71. The van der Waals surface area contributed by atoms with Gasteiger partial charge in [-0.1, -0.05) is 20.8 Å². The van der Waals surface area contributed by atoms with Gasteiger partial charge in [-0.3, -0.25) is 4.79 Å². The fourth-order valence-corrected chi connectivity index (χ4v) is 1.64. The lowest BCUT2D eigenvalue weighted by atomic mass is 10.0. The Kier molecular flexibility index (Phi) is 5.22. The molecule has 0 aliphatic heterocycles. The Morgan fingerprint density at radius 1 is 1.44 bits per heavy atom. The quantitative estimate of drug-likeness (QED) is 0.821. The number of aliphatic hydroxyl groups is 1. The van der Waals surface area contributed by atoms with Crippen LogP contribution < -0.4 is 5.32 Å². The van der Waals surface area contributed by atoms with E-state index in [1.54, 1.807) is 13.0 Å². The highest BCUT2D eigenvalue weighted by Crippen LogP contribution is 2.09. The number of amides is 1. The summed E-state index contributed by atoms with van der Waals surface area (Å²) in [7, 11) is 0. The van der Waals surface area contributed by atoms with Crippen LogP contribution in [0.3, 0.4) is 0 Å². The van der Waals surface area contributed by atoms with Crippen molar-refractivity contribution in [2.45, 2.75) is 40.2 Å². The minimum Gasteiger partial charge on any atom is -0.394 e. The second kappa shape index (κ2) is 6.44. The normalized spacial score (nSPS) is 12.6. The molecule has 1 unspecified atom stereocenters. The van der Waals surface area contributed by atoms with Gasteiger partial charge in [0.2, 0.25) is 0 Å². The molecule has 0 fully saturated rings. The monoisotopic (exact) mass is 251 g/mol. The summed E-state index contributed by atoms with van der Waals surface area (Å²) in [5.74, 6) is -0.0162. The molecular formula is C13H21N3O2. The van der Waals surface area contributed by atoms with Crippen LogP contribution in [0.25, 0.3) is 0 Å². The van der Waals surface area contributed by atoms with Gasteiger partial charge < -0.3 is 10.4 Å². The Morgan fingerprint density at radius 2 is 2.11 bits per heavy atom. The van der Waals surface area contributed by atoms with Crippen LogP contribution in [-0.4, -0.2) is 33.9 Å². The fraction of sp³-hybridized carbons (Fsp3) is 0.615. The molecule has 5 nitrogen and oxygen atoms in total. The highest BCUT2D eigenvalue weighted by molar-refractivity contribution is 5.95. The topological polar surface area (TPSA) is 75.1 Å². The number of nitrogens with zero attached hydrogens (tertiary/aromatic N) is 2. The van der Waals surface area contributed by atoms with Crippen molar-refractivity contribution in [3.8, 4) is 0 Å². The van der Waals surface area contributed by atoms with E-state index in [0.29, 0.717) is 23.4 Å². The van der Waals surface area contributed by atoms with Gasteiger partial charge in [0.15, 0.2) is 0 Å². The highest BCUT2D eigenvalue weighted by atomic mass is 16.3. The summed E-state index contributed by atoms with van der Waals surface area (Å²) in [6, 6.07) is 1.49. The molecule has 1 rings (SSSR count). The van der Waals surface area contributed by atoms with E-state index >= 15 is 0 Å². The molecule has 0 radical (unpaired) electrons. The van der Waals surface area contributed by atoms with E-state index in [4.69, 9.17) is 0 Å². The minimum atomic E-state index is -0.240. The lowest BCUT2D eigenvalue weighted by molar-refractivity contribution is 0.0895. The van der Waals surface area contributed by atoms with Crippen LogP contribution >= 0.6 is 0 Å². The smallest absolute Gasteiger partial charge is 0.253 e. The molecule has 1 aromatic rings. The van der Waals surface area contributed by atoms with Crippen LogP contribution in [0.15, 0.2) is 6.07 Å². The van der Waals surface area contributed by atoms with Crippen LogP contribution in [-0.2, 0) is 6.42 Å². The number of hydrogen-bond acceptors (Lipinski definition) is 4. The second-order valence-electron chi connectivity index (χ2n) is 4.71. The van der Waals surface area contributed by atoms with Gasteiger partial charge in [-0.05, 0) is 25.3 Å². The standard InChI is InChI=1S/C13H21N3O2/c1-5-11-10(6-9(4)15-16-11)13(18)14-12(7-17)8(2)3/h6,8,12,17H,5,7H2,1-4H3,(H,14,18). The number of aryl methyl sites for hydroxylation is 2. The molecule has 0 saturated carbocycles. The van der Waals surface area contributed by atoms with Crippen LogP contribution in [0.4, 0.5) is 0 Å². The first kappa shape index (κ1) is 14.6. The Hall–Kier alpha value is -1.49. The molecule has 0 bridgehead atoms. The van der Waals surface area contributed by atoms with Crippen LogP contribution in [0.5, 0.6) is 0 Å². The molecule has 18 heavy (non-hydrogen) atoms. The summed E-state index contributed by atoms with van der Waals surface area (Å²) in [6.07, 6.45) is 0.654. The van der Waals surface area contributed by atoms with E-state index in [9.17, 15) is 9.90 Å². The zero-order valence-electron chi connectivity index (χ0n) is 11.4. The zero-order chi connectivity index (χ0) is 13.7. The predicted molar refractivity (Wildman–Crippen MR) is 69.3 cm³/mol. The first-order chi connectivity index (χ1) is 8.49. The molecular weight excluding hydrogens is 230 g/mol. The SMILES string of the molecule is CCc1nnc(C)cc1C(=O)NC(CO)C(C)C. The van der Waals surface area contributed by atoms with Gasteiger partial charge in [-0.15, -0.1) is 0 Å². The Morgan fingerprint density at radius 3 is 2.61 bits per heavy atom. The third kappa shape index (κ3) is 3.50. The number of carbonyl (C=O) groups is 1. The number of rotatable bonds is 5. The van der Waals surface area contributed by atoms with Crippen LogP contribution in [0, 0.1) is 12.8 Å². The average molecular weight is 251 g/mol. The molecule has 5 heteroatoms. The molecule has 100 valence electrons. The van der Waals surface area contributed by atoms with Crippen molar-refractivity contribution in [3.05, 3.63) is 23.0 Å². The summed E-state index contributed by atoms with van der Waals surface area (Å²) in [6.45, 7) is 7.58. The molecule has 0 aromatic carbocycles. The van der Waals surface area contributed by atoms with E-state index in [0.717, 1.165) is 0 Å². The summed E-state index contributed by atoms with van der Waals surface area (Å²) >= 11 is 0.